The van der Waals surface area contributed by atoms with Crippen molar-refractivity contribution in [2.75, 3.05) is 6.54 Å². The lowest BCUT2D eigenvalue weighted by Gasteiger charge is -2.23. The fourth-order valence-corrected chi connectivity index (χ4v) is 1.53. The maximum Gasteiger partial charge on any atom is 0.232 e. The summed E-state index contributed by atoms with van der Waals surface area (Å²) >= 11 is 4.88. The van der Waals surface area contributed by atoms with Gasteiger partial charge in [-0.2, -0.15) is 0 Å². The van der Waals surface area contributed by atoms with Crippen molar-refractivity contribution in [1.82, 2.24) is 5.32 Å². The van der Waals surface area contributed by atoms with Gasteiger partial charge >= 0.3 is 0 Å². The van der Waals surface area contributed by atoms with Crippen LogP contribution in [0.3, 0.4) is 0 Å². The van der Waals surface area contributed by atoms with Crippen LogP contribution < -0.4 is 11.1 Å². The lowest BCUT2D eigenvalue weighted by Crippen LogP contribution is -2.46. The molecule has 0 aromatic rings. The van der Waals surface area contributed by atoms with E-state index in [0.29, 0.717) is 5.41 Å². The fourth-order valence-electron chi connectivity index (χ4n) is 1.43. The second kappa shape index (κ2) is 4.08. The zero-order valence-corrected chi connectivity index (χ0v) is 10.5. The maximum atomic E-state index is 11.8. The Morgan fingerprint density at radius 3 is 2.40 bits per heavy atom. The van der Waals surface area contributed by atoms with E-state index in [2.05, 4.69) is 12.2 Å². The molecule has 0 atom stereocenters. The Hall–Kier alpha value is -0.640. The summed E-state index contributed by atoms with van der Waals surface area (Å²) in [6.45, 7) is 6.44. The first-order valence-corrected chi connectivity index (χ1v) is 5.83. The first-order valence-electron chi connectivity index (χ1n) is 5.42. The highest BCUT2D eigenvalue weighted by Crippen LogP contribution is 2.47. The van der Waals surface area contributed by atoms with Crippen LogP contribution >= 0.6 is 12.2 Å². The average Bonchev–Trinajstić information content (AvgIpc) is 2.94. The predicted molar refractivity (Wildman–Crippen MR) is 65.5 cm³/mol. The van der Waals surface area contributed by atoms with Crippen molar-refractivity contribution in [2.24, 2.45) is 16.6 Å². The molecule has 3 nitrogen and oxygen atoms in total. The zero-order valence-electron chi connectivity index (χ0n) is 9.72. The molecule has 0 aromatic heterocycles. The van der Waals surface area contributed by atoms with Crippen LogP contribution in [0.15, 0.2) is 0 Å². The molecule has 0 aliphatic heterocycles. The van der Waals surface area contributed by atoms with Crippen molar-refractivity contribution in [3.05, 3.63) is 0 Å². The summed E-state index contributed by atoms with van der Waals surface area (Å²) in [7, 11) is 0. The molecule has 0 unspecified atom stereocenters. The Labute approximate surface area is 96.8 Å². The standard InChI is InChI=1S/C11H20N2OS/c1-4-11(5-6-11)7-13-9(14)10(2,3)8(12)15/h4-7H2,1-3H3,(H2,12,15)(H,13,14). The number of carbonyl (C=O) groups excluding carboxylic acids is 1. The summed E-state index contributed by atoms with van der Waals surface area (Å²) in [6, 6.07) is 0. The Morgan fingerprint density at radius 1 is 1.53 bits per heavy atom. The van der Waals surface area contributed by atoms with Gasteiger partial charge in [-0.3, -0.25) is 4.79 Å². The maximum absolute atomic E-state index is 11.8. The van der Waals surface area contributed by atoms with Gasteiger partial charge in [-0.1, -0.05) is 19.1 Å². The number of hydrogen-bond acceptors (Lipinski definition) is 2. The normalized spacial score (nSPS) is 18.3. The van der Waals surface area contributed by atoms with Crippen molar-refractivity contribution in [1.29, 1.82) is 0 Å². The number of hydrogen-bond donors (Lipinski definition) is 2. The quantitative estimate of drug-likeness (QED) is 0.703. The molecule has 0 saturated heterocycles. The van der Waals surface area contributed by atoms with Crippen LogP contribution in [-0.2, 0) is 4.79 Å². The van der Waals surface area contributed by atoms with E-state index < -0.39 is 5.41 Å². The SMILES string of the molecule is CCC1(CNC(=O)C(C)(C)C(N)=S)CC1. The molecule has 0 spiro atoms. The Morgan fingerprint density at radius 2 is 2.07 bits per heavy atom. The molecule has 1 aliphatic rings. The van der Waals surface area contributed by atoms with Gasteiger partial charge in [0.2, 0.25) is 5.91 Å². The third-order valence-corrected chi connectivity index (χ3v) is 4.03. The third kappa shape index (κ3) is 2.68. The van der Waals surface area contributed by atoms with Gasteiger partial charge in [0, 0.05) is 6.54 Å². The van der Waals surface area contributed by atoms with E-state index in [4.69, 9.17) is 18.0 Å². The molecule has 15 heavy (non-hydrogen) atoms. The molecule has 1 fully saturated rings. The molecular formula is C11H20N2OS. The number of nitrogens with one attached hydrogen (secondary N) is 1. The molecule has 0 radical (unpaired) electrons. The van der Waals surface area contributed by atoms with Crippen molar-refractivity contribution in [3.8, 4) is 0 Å². The highest BCUT2D eigenvalue weighted by molar-refractivity contribution is 7.80. The van der Waals surface area contributed by atoms with Gasteiger partial charge in [0.25, 0.3) is 0 Å². The average molecular weight is 228 g/mol. The number of thiocarbonyl (C=S) groups is 1. The van der Waals surface area contributed by atoms with Crippen LogP contribution in [0.1, 0.15) is 40.0 Å². The van der Waals surface area contributed by atoms with E-state index >= 15 is 0 Å². The summed E-state index contributed by atoms with van der Waals surface area (Å²) in [4.78, 5) is 12.1. The molecule has 0 heterocycles. The van der Waals surface area contributed by atoms with Gasteiger partial charge in [0.15, 0.2) is 0 Å². The van der Waals surface area contributed by atoms with E-state index in [9.17, 15) is 4.79 Å². The van der Waals surface area contributed by atoms with E-state index in [0.717, 1.165) is 13.0 Å². The molecule has 1 amide bonds. The highest BCUT2D eigenvalue weighted by Gasteiger charge is 2.42. The van der Waals surface area contributed by atoms with Crippen LogP contribution in [-0.4, -0.2) is 17.4 Å². The van der Waals surface area contributed by atoms with Gasteiger partial charge in [-0.25, -0.2) is 0 Å². The third-order valence-electron chi connectivity index (χ3n) is 3.51. The summed E-state index contributed by atoms with van der Waals surface area (Å²) in [6.07, 6.45) is 3.56. The summed E-state index contributed by atoms with van der Waals surface area (Å²) in [5, 5.41) is 2.95. The lowest BCUT2D eigenvalue weighted by atomic mass is 9.92. The monoisotopic (exact) mass is 228 g/mol. The number of amides is 1. The molecule has 86 valence electrons. The smallest absolute Gasteiger partial charge is 0.232 e. The topological polar surface area (TPSA) is 55.1 Å². The molecule has 1 rings (SSSR count). The van der Waals surface area contributed by atoms with Crippen LogP contribution in [0.25, 0.3) is 0 Å². The Balaban J connectivity index is 2.46. The second-order valence-corrected chi connectivity index (χ2v) is 5.47. The molecule has 3 N–H and O–H groups in total. The Bertz CT molecular complexity index is 282. The number of rotatable bonds is 5. The van der Waals surface area contributed by atoms with Crippen LogP contribution in [0, 0.1) is 10.8 Å². The van der Waals surface area contributed by atoms with E-state index in [1.807, 2.05) is 0 Å². The van der Waals surface area contributed by atoms with Crippen molar-refractivity contribution >= 4 is 23.1 Å². The van der Waals surface area contributed by atoms with Gasteiger partial charge in [-0.15, -0.1) is 0 Å². The molecule has 1 saturated carbocycles. The molecule has 4 heteroatoms. The summed E-state index contributed by atoms with van der Waals surface area (Å²) < 4.78 is 0. The summed E-state index contributed by atoms with van der Waals surface area (Å²) in [5.74, 6) is -0.0604. The van der Waals surface area contributed by atoms with Crippen molar-refractivity contribution in [2.45, 2.75) is 40.0 Å². The summed E-state index contributed by atoms with van der Waals surface area (Å²) in [5.41, 5.74) is 5.16. The van der Waals surface area contributed by atoms with Gasteiger partial charge in [-0.05, 0) is 38.5 Å². The lowest BCUT2D eigenvalue weighted by molar-refractivity contribution is -0.126. The first kappa shape index (κ1) is 12.4. The number of nitrogens with two attached hydrogens (primary N) is 1. The fraction of sp³-hybridized carbons (Fsp3) is 0.818. The van der Waals surface area contributed by atoms with E-state index in [1.54, 1.807) is 13.8 Å². The van der Waals surface area contributed by atoms with Gasteiger partial charge in [0.05, 0.1) is 10.4 Å². The molecular weight excluding hydrogens is 208 g/mol. The molecule has 1 aliphatic carbocycles. The largest absolute Gasteiger partial charge is 0.392 e. The zero-order chi connectivity index (χ0) is 11.7. The van der Waals surface area contributed by atoms with Gasteiger partial charge in [0.1, 0.15) is 0 Å². The second-order valence-electron chi connectivity index (χ2n) is 5.03. The minimum Gasteiger partial charge on any atom is -0.392 e. The van der Waals surface area contributed by atoms with Crippen molar-refractivity contribution < 1.29 is 4.79 Å². The first-order chi connectivity index (χ1) is 6.84. The highest BCUT2D eigenvalue weighted by atomic mass is 32.1. The Kier molecular flexibility index (Phi) is 3.38. The van der Waals surface area contributed by atoms with Crippen LogP contribution in [0.5, 0.6) is 0 Å². The molecule has 0 bridgehead atoms. The minimum atomic E-state index is -0.737. The number of carbonyl (C=O) groups is 1. The van der Waals surface area contributed by atoms with E-state index in [-0.39, 0.29) is 10.9 Å². The van der Waals surface area contributed by atoms with Crippen molar-refractivity contribution in [3.63, 3.8) is 0 Å². The van der Waals surface area contributed by atoms with Crippen LogP contribution in [0.2, 0.25) is 0 Å². The minimum absolute atomic E-state index is 0.0604. The van der Waals surface area contributed by atoms with Crippen LogP contribution in [0.4, 0.5) is 0 Å². The van der Waals surface area contributed by atoms with E-state index in [1.165, 1.54) is 12.8 Å². The molecule has 0 aromatic carbocycles. The van der Waals surface area contributed by atoms with Gasteiger partial charge < -0.3 is 11.1 Å². The predicted octanol–water partition coefficient (Wildman–Crippen LogP) is 1.61.